The van der Waals surface area contributed by atoms with Gasteiger partial charge in [-0.15, -0.1) is 0 Å². The lowest BCUT2D eigenvalue weighted by Gasteiger charge is -2.15. The number of hydrogen-bond donors (Lipinski definition) is 3. The number of amides is 2. The van der Waals surface area contributed by atoms with Crippen LogP contribution in [0.25, 0.3) is 0 Å². The number of aryl methyl sites for hydroxylation is 1. The molecule has 30 heavy (non-hydrogen) atoms. The number of carbonyl (C=O) groups excluding carboxylic acids is 2. The SMILES string of the molecule is CNC(=O)c1cnc(Nc2ccccc2C)c(NC(=O)c2cc(F)c(Cl)c(F)c2)c1. The molecule has 3 aromatic rings. The number of anilines is 3. The summed E-state index contributed by atoms with van der Waals surface area (Å²) >= 11 is 5.47. The Bertz CT molecular complexity index is 1110. The van der Waals surface area contributed by atoms with Crippen molar-refractivity contribution in [1.29, 1.82) is 0 Å². The summed E-state index contributed by atoms with van der Waals surface area (Å²) in [5.41, 5.74) is 1.73. The van der Waals surface area contributed by atoms with Crippen molar-refractivity contribution in [1.82, 2.24) is 10.3 Å². The fourth-order valence-electron chi connectivity index (χ4n) is 2.65. The van der Waals surface area contributed by atoms with Crippen molar-refractivity contribution in [3.8, 4) is 0 Å². The van der Waals surface area contributed by atoms with Crippen LogP contribution in [0.4, 0.5) is 26.0 Å². The Hall–Kier alpha value is -3.52. The van der Waals surface area contributed by atoms with Gasteiger partial charge in [-0.3, -0.25) is 9.59 Å². The van der Waals surface area contributed by atoms with Crippen molar-refractivity contribution < 1.29 is 18.4 Å². The Morgan fingerprint density at radius 3 is 2.27 bits per heavy atom. The van der Waals surface area contributed by atoms with Crippen LogP contribution in [0.2, 0.25) is 5.02 Å². The lowest BCUT2D eigenvalue weighted by atomic mass is 10.1. The van der Waals surface area contributed by atoms with Crippen molar-refractivity contribution >= 4 is 40.6 Å². The first-order chi connectivity index (χ1) is 14.3. The Labute approximate surface area is 176 Å². The fourth-order valence-corrected chi connectivity index (χ4v) is 2.76. The summed E-state index contributed by atoms with van der Waals surface area (Å²) in [6.07, 6.45) is 1.34. The summed E-state index contributed by atoms with van der Waals surface area (Å²) in [5.74, 6) is -3.08. The Morgan fingerprint density at radius 1 is 0.967 bits per heavy atom. The van der Waals surface area contributed by atoms with E-state index in [2.05, 4.69) is 20.9 Å². The van der Waals surface area contributed by atoms with E-state index in [0.717, 1.165) is 23.4 Å². The molecule has 0 aliphatic heterocycles. The van der Waals surface area contributed by atoms with Gasteiger partial charge < -0.3 is 16.0 Å². The van der Waals surface area contributed by atoms with E-state index in [9.17, 15) is 18.4 Å². The van der Waals surface area contributed by atoms with Crippen LogP contribution >= 0.6 is 11.6 Å². The molecule has 9 heteroatoms. The highest BCUT2D eigenvalue weighted by atomic mass is 35.5. The van der Waals surface area contributed by atoms with Crippen molar-refractivity contribution in [3.63, 3.8) is 0 Å². The number of hydrogen-bond acceptors (Lipinski definition) is 4. The van der Waals surface area contributed by atoms with E-state index >= 15 is 0 Å². The first kappa shape index (κ1) is 21.2. The second-order valence-corrected chi connectivity index (χ2v) is 6.73. The molecule has 3 rings (SSSR count). The monoisotopic (exact) mass is 430 g/mol. The number of benzene rings is 2. The normalized spacial score (nSPS) is 10.4. The first-order valence-corrected chi connectivity index (χ1v) is 9.18. The maximum Gasteiger partial charge on any atom is 0.255 e. The summed E-state index contributed by atoms with van der Waals surface area (Å²) < 4.78 is 27.5. The predicted molar refractivity (Wildman–Crippen MR) is 111 cm³/mol. The maximum atomic E-state index is 13.7. The molecule has 6 nitrogen and oxygen atoms in total. The topological polar surface area (TPSA) is 83.1 Å². The van der Waals surface area contributed by atoms with Crippen LogP contribution in [0, 0.1) is 18.6 Å². The van der Waals surface area contributed by atoms with Crippen molar-refractivity contribution in [2.75, 3.05) is 17.7 Å². The molecule has 0 saturated heterocycles. The van der Waals surface area contributed by atoms with Gasteiger partial charge in [0, 0.05) is 24.5 Å². The summed E-state index contributed by atoms with van der Waals surface area (Å²) in [7, 11) is 1.46. The van der Waals surface area contributed by atoms with Crippen LogP contribution in [0.1, 0.15) is 26.3 Å². The van der Waals surface area contributed by atoms with Gasteiger partial charge in [0.25, 0.3) is 11.8 Å². The molecular formula is C21H17ClF2N4O2. The number of aromatic nitrogens is 1. The van der Waals surface area contributed by atoms with Crippen LogP contribution in [0.15, 0.2) is 48.7 Å². The van der Waals surface area contributed by atoms with Gasteiger partial charge in [-0.05, 0) is 36.8 Å². The number of rotatable bonds is 5. The molecule has 2 aromatic carbocycles. The van der Waals surface area contributed by atoms with Gasteiger partial charge in [0.15, 0.2) is 5.82 Å². The number of nitrogens with one attached hydrogen (secondary N) is 3. The van der Waals surface area contributed by atoms with Gasteiger partial charge >= 0.3 is 0 Å². The summed E-state index contributed by atoms with van der Waals surface area (Å²) in [4.78, 5) is 28.8. The number of nitrogens with zero attached hydrogens (tertiary/aromatic N) is 1. The van der Waals surface area contributed by atoms with E-state index in [0.29, 0.717) is 0 Å². The zero-order valence-corrected chi connectivity index (χ0v) is 16.8. The minimum absolute atomic E-state index is 0.153. The number of pyridine rings is 1. The molecule has 3 N–H and O–H groups in total. The molecule has 154 valence electrons. The standard InChI is InChI=1S/C21H17ClF2N4O2/c1-11-5-3-4-6-16(11)27-19-17(9-13(10-26-19)20(29)25-2)28-21(30)12-7-14(23)18(22)15(24)8-12/h3-10H,1-2H3,(H,25,29)(H,26,27)(H,28,30). The third-order valence-electron chi connectivity index (χ3n) is 4.27. The Kier molecular flexibility index (Phi) is 6.27. The van der Waals surface area contributed by atoms with Crippen LogP contribution in [0.3, 0.4) is 0 Å². The molecule has 1 aromatic heterocycles. The second kappa shape index (κ2) is 8.87. The maximum absolute atomic E-state index is 13.7. The number of carbonyl (C=O) groups is 2. The molecule has 0 unspecified atom stereocenters. The highest BCUT2D eigenvalue weighted by molar-refractivity contribution is 6.31. The quantitative estimate of drug-likeness (QED) is 0.513. The smallest absolute Gasteiger partial charge is 0.255 e. The van der Waals surface area contributed by atoms with Gasteiger partial charge in [0.2, 0.25) is 0 Å². The third kappa shape index (κ3) is 4.55. The van der Waals surface area contributed by atoms with E-state index in [1.165, 1.54) is 19.3 Å². The van der Waals surface area contributed by atoms with Gasteiger partial charge in [-0.1, -0.05) is 29.8 Å². The van der Waals surface area contributed by atoms with Crippen LogP contribution < -0.4 is 16.0 Å². The molecule has 2 amide bonds. The molecule has 0 saturated carbocycles. The first-order valence-electron chi connectivity index (χ1n) is 8.81. The molecule has 0 spiro atoms. The van der Waals surface area contributed by atoms with Crippen molar-refractivity contribution in [2.24, 2.45) is 0 Å². The average molecular weight is 431 g/mol. The molecular weight excluding hydrogens is 414 g/mol. The van der Waals surface area contributed by atoms with E-state index in [4.69, 9.17) is 11.6 Å². The Morgan fingerprint density at radius 2 is 1.63 bits per heavy atom. The van der Waals surface area contributed by atoms with E-state index < -0.39 is 28.5 Å². The van der Waals surface area contributed by atoms with Crippen molar-refractivity contribution in [2.45, 2.75) is 6.92 Å². The third-order valence-corrected chi connectivity index (χ3v) is 4.63. The lowest BCUT2D eigenvalue weighted by molar-refractivity contribution is 0.0961. The minimum Gasteiger partial charge on any atom is -0.355 e. The molecule has 0 fully saturated rings. The predicted octanol–water partition coefficient (Wildman–Crippen LogP) is 4.68. The summed E-state index contributed by atoms with van der Waals surface area (Å²) in [5, 5.41) is 7.40. The molecule has 0 aliphatic carbocycles. The van der Waals surface area contributed by atoms with Crippen LogP contribution in [-0.4, -0.2) is 23.8 Å². The zero-order valence-electron chi connectivity index (χ0n) is 16.0. The van der Waals surface area contributed by atoms with E-state index in [-0.39, 0.29) is 22.6 Å². The van der Waals surface area contributed by atoms with E-state index in [1.807, 2.05) is 31.2 Å². The molecule has 0 atom stereocenters. The summed E-state index contributed by atoms with van der Waals surface area (Å²) in [6.45, 7) is 1.89. The average Bonchev–Trinajstić information content (AvgIpc) is 2.73. The largest absolute Gasteiger partial charge is 0.355 e. The lowest BCUT2D eigenvalue weighted by Crippen LogP contribution is -2.20. The minimum atomic E-state index is -1.06. The van der Waals surface area contributed by atoms with Gasteiger partial charge in [-0.25, -0.2) is 13.8 Å². The van der Waals surface area contributed by atoms with Gasteiger partial charge in [-0.2, -0.15) is 0 Å². The molecule has 0 radical (unpaired) electrons. The zero-order chi connectivity index (χ0) is 21.8. The van der Waals surface area contributed by atoms with Crippen LogP contribution in [0.5, 0.6) is 0 Å². The highest BCUT2D eigenvalue weighted by Crippen LogP contribution is 2.27. The second-order valence-electron chi connectivity index (χ2n) is 6.35. The fraction of sp³-hybridized carbons (Fsp3) is 0.0952. The Balaban J connectivity index is 1.99. The van der Waals surface area contributed by atoms with Crippen molar-refractivity contribution in [3.05, 3.63) is 82.0 Å². The van der Waals surface area contributed by atoms with E-state index in [1.54, 1.807) is 0 Å². The van der Waals surface area contributed by atoms with Gasteiger partial charge in [0.1, 0.15) is 16.7 Å². The number of para-hydroxylation sites is 1. The number of halogens is 3. The summed E-state index contributed by atoms with van der Waals surface area (Å²) in [6, 6.07) is 10.5. The highest BCUT2D eigenvalue weighted by Gasteiger charge is 2.17. The molecule has 0 bridgehead atoms. The molecule has 1 heterocycles. The molecule has 0 aliphatic rings. The van der Waals surface area contributed by atoms with Crippen LogP contribution in [-0.2, 0) is 0 Å². The van der Waals surface area contributed by atoms with Gasteiger partial charge in [0.05, 0.1) is 11.3 Å².